The highest BCUT2D eigenvalue weighted by atomic mass is 32.1. The van der Waals surface area contributed by atoms with Gasteiger partial charge in [-0.05, 0) is 25.0 Å². The summed E-state index contributed by atoms with van der Waals surface area (Å²) in [5, 5.41) is 7.28. The molecule has 3 rings (SSSR count). The van der Waals surface area contributed by atoms with E-state index in [1.807, 2.05) is 30.3 Å². The number of nitrogens with one attached hydrogen (secondary N) is 2. The van der Waals surface area contributed by atoms with Crippen LogP contribution in [0.3, 0.4) is 0 Å². The number of amides is 1. The normalized spacial score (nSPS) is 15.7. The summed E-state index contributed by atoms with van der Waals surface area (Å²) in [6.07, 6.45) is 2.72. The SMILES string of the molecule is COCCc1nsc(NC2CCN(CC(=O)Nc3ccccc3)CC2)n1. The highest BCUT2D eigenvalue weighted by molar-refractivity contribution is 7.09. The summed E-state index contributed by atoms with van der Waals surface area (Å²) in [6.45, 7) is 2.87. The van der Waals surface area contributed by atoms with Crippen LogP contribution in [0.15, 0.2) is 30.3 Å². The molecule has 7 nitrogen and oxygen atoms in total. The van der Waals surface area contributed by atoms with Gasteiger partial charge in [-0.1, -0.05) is 18.2 Å². The van der Waals surface area contributed by atoms with Crippen LogP contribution in [0.4, 0.5) is 10.8 Å². The van der Waals surface area contributed by atoms with Crippen molar-refractivity contribution in [1.82, 2.24) is 14.3 Å². The predicted octanol–water partition coefficient (Wildman–Crippen LogP) is 2.24. The predicted molar refractivity (Wildman–Crippen MR) is 104 cm³/mol. The second-order valence-electron chi connectivity index (χ2n) is 6.37. The standard InChI is InChI=1S/C18H25N5O2S/c1-25-12-9-16-21-18(26-22-16)20-15-7-10-23(11-8-15)13-17(24)19-14-5-3-2-4-6-14/h2-6,15H,7-13H2,1H3,(H,19,24)(H,20,21,22). The van der Waals surface area contributed by atoms with Crippen molar-refractivity contribution >= 4 is 28.3 Å². The third kappa shape index (κ3) is 5.76. The fraction of sp³-hybridized carbons (Fsp3) is 0.500. The van der Waals surface area contributed by atoms with Crippen molar-refractivity contribution in [2.75, 3.05) is 44.0 Å². The van der Waals surface area contributed by atoms with Crippen LogP contribution in [0.25, 0.3) is 0 Å². The summed E-state index contributed by atoms with van der Waals surface area (Å²) in [6, 6.07) is 9.95. The molecule has 0 radical (unpaired) electrons. The minimum absolute atomic E-state index is 0.0366. The number of carbonyl (C=O) groups is 1. The lowest BCUT2D eigenvalue weighted by Gasteiger charge is -2.31. The number of carbonyl (C=O) groups excluding carboxylic acids is 1. The van der Waals surface area contributed by atoms with Crippen molar-refractivity contribution in [3.05, 3.63) is 36.2 Å². The van der Waals surface area contributed by atoms with E-state index < -0.39 is 0 Å². The molecule has 0 bridgehead atoms. The molecular formula is C18H25N5O2S. The summed E-state index contributed by atoms with van der Waals surface area (Å²) in [5.41, 5.74) is 0.842. The minimum Gasteiger partial charge on any atom is -0.384 e. The molecule has 1 aliphatic rings. The molecule has 1 aliphatic heterocycles. The van der Waals surface area contributed by atoms with Crippen molar-refractivity contribution in [2.45, 2.75) is 25.3 Å². The number of rotatable bonds is 8. The summed E-state index contributed by atoms with van der Waals surface area (Å²) in [5.74, 6) is 0.865. The Morgan fingerprint density at radius 2 is 2.08 bits per heavy atom. The van der Waals surface area contributed by atoms with Gasteiger partial charge in [-0.15, -0.1) is 0 Å². The second kappa shape index (κ2) is 9.61. The number of anilines is 2. The van der Waals surface area contributed by atoms with Crippen LogP contribution in [0, 0.1) is 0 Å². The van der Waals surface area contributed by atoms with E-state index >= 15 is 0 Å². The first kappa shape index (κ1) is 18.8. The Bertz CT molecular complexity index is 686. The number of hydrogen-bond donors (Lipinski definition) is 2. The topological polar surface area (TPSA) is 79.4 Å². The zero-order valence-corrected chi connectivity index (χ0v) is 15.8. The van der Waals surface area contributed by atoms with Crippen LogP contribution >= 0.6 is 11.5 Å². The highest BCUT2D eigenvalue weighted by Gasteiger charge is 2.21. The minimum atomic E-state index is 0.0366. The van der Waals surface area contributed by atoms with E-state index in [0.717, 1.165) is 49.0 Å². The van der Waals surface area contributed by atoms with E-state index in [2.05, 4.69) is 24.9 Å². The van der Waals surface area contributed by atoms with E-state index in [9.17, 15) is 4.79 Å². The lowest BCUT2D eigenvalue weighted by atomic mass is 10.1. The van der Waals surface area contributed by atoms with Gasteiger partial charge in [-0.25, -0.2) is 4.98 Å². The van der Waals surface area contributed by atoms with Gasteiger partial charge in [0.1, 0.15) is 5.82 Å². The molecule has 2 N–H and O–H groups in total. The van der Waals surface area contributed by atoms with E-state index in [0.29, 0.717) is 19.2 Å². The number of hydrogen-bond acceptors (Lipinski definition) is 7. The lowest BCUT2D eigenvalue weighted by Crippen LogP contribution is -2.42. The lowest BCUT2D eigenvalue weighted by molar-refractivity contribution is -0.117. The average Bonchev–Trinajstić information content (AvgIpc) is 3.10. The largest absolute Gasteiger partial charge is 0.384 e. The molecule has 140 valence electrons. The molecule has 1 fully saturated rings. The molecule has 1 amide bonds. The molecule has 8 heteroatoms. The zero-order valence-electron chi connectivity index (χ0n) is 15.0. The molecule has 1 saturated heterocycles. The first-order valence-electron chi connectivity index (χ1n) is 8.88. The first-order valence-corrected chi connectivity index (χ1v) is 9.65. The van der Waals surface area contributed by atoms with Gasteiger partial charge in [0.05, 0.1) is 13.2 Å². The van der Waals surface area contributed by atoms with Crippen molar-refractivity contribution in [3.63, 3.8) is 0 Å². The third-order valence-electron chi connectivity index (χ3n) is 4.34. The number of para-hydroxylation sites is 1. The van der Waals surface area contributed by atoms with Crippen LogP contribution < -0.4 is 10.6 Å². The fourth-order valence-electron chi connectivity index (χ4n) is 2.94. The number of methoxy groups -OCH3 is 1. The maximum atomic E-state index is 12.1. The van der Waals surface area contributed by atoms with Crippen molar-refractivity contribution in [2.24, 2.45) is 0 Å². The van der Waals surface area contributed by atoms with Gasteiger partial charge < -0.3 is 15.4 Å². The molecule has 1 aromatic carbocycles. The maximum Gasteiger partial charge on any atom is 0.238 e. The highest BCUT2D eigenvalue weighted by Crippen LogP contribution is 2.18. The van der Waals surface area contributed by atoms with Gasteiger partial charge >= 0.3 is 0 Å². The van der Waals surface area contributed by atoms with E-state index in [1.165, 1.54) is 11.5 Å². The summed E-state index contributed by atoms with van der Waals surface area (Å²) < 4.78 is 9.39. The molecular weight excluding hydrogens is 350 g/mol. The molecule has 0 aliphatic carbocycles. The molecule has 2 heterocycles. The molecule has 0 saturated carbocycles. The molecule has 0 atom stereocenters. The van der Waals surface area contributed by atoms with Crippen LogP contribution in [0.2, 0.25) is 0 Å². The Morgan fingerprint density at radius 1 is 1.31 bits per heavy atom. The average molecular weight is 375 g/mol. The number of likely N-dealkylation sites (tertiary alicyclic amines) is 1. The van der Waals surface area contributed by atoms with Crippen molar-refractivity contribution < 1.29 is 9.53 Å². The van der Waals surface area contributed by atoms with Gasteiger partial charge in [0.15, 0.2) is 0 Å². The Morgan fingerprint density at radius 3 is 2.81 bits per heavy atom. The summed E-state index contributed by atoms with van der Waals surface area (Å²) >= 11 is 1.40. The van der Waals surface area contributed by atoms with Gasteiger partial charge in [0, 0.05) is 49.9 Å². The smallest absolute Gasteiger partial charge is 0.238 e. The summed E-state index contributed by atoms with van der Waals surface area (Å²) in [4.78, 5) is 18.8. The monoisotopic (exact) mass is 375 g/mol. The van der Waals surface area contributed by atoms with E-state index in [4.69, 9.17) is 4.74 Å². The fourth-order valence-corrected chi connectivity index (χ4v) is 3.63. The number of ether oxygens (including phenoxy) is 1. The number of benzene rings is 1. The molecule has 0 spiro atoms. The van der Waals surface area contributed by atoms with Crippen LogP contribution in [-0.4, -0.2) is 59.6 Å². The van der Waals surface area contributed by atoms with Gasteiger partial charge in [-0.2, -0.15) is 4.37 Å². The Balaban J connectivity index is 1.38. The third-order valence-corrected chi connectivity index (χ3v) is 5.02. The van der Waals surface area contributed by atoms with Crippen LogP contribution in [-0.2, 0) is 16.0 Å². The first-order chi connectivity index (χ1) is 12.7. The van der Waals surface area contributed by atoms with Gasteiger partial charge in [-0.3, -0.25) is 9.69 Å². The van der Waals surface area contributed by atoms with Crippen molar-refractivity contribution in [3.8, 4) is 0 Å². The zero-order chi connectivity index (χ0) is 18.2. The molecule has 26 heavy (non-hydrogen) atoms. The number of aromatic nitrogens is 2. The second-order valence-corrected chi connectivity index (χ2v) is 7.12. The van der Waals surface area contributed by atoms with Gasteiger partial charge in [0.2, 0.25) is 11.0 Å². The van der Waals surface area contributed by atoms with Crippen molar-refractivity contribution in [1.29, 1.82) is 0 Å². The molecule has 0 unspecified atom stereocenters. The maximum absolute atomic E-state index is 12.1. The summed E-state index contributed by atoms with van der Waals surface area (Å²) in [7, 11) is 1.68. The Hall–Kier alpha value is -2.03. The Kier molecular flexibility index (Phi) is 6.93. The van der Waals surface area contributed by atoms with Crippen LogP contribution in [0.1, 0.15) is 18.7 Å². The van der Waals surface area contributed by atoms with Gasteiger partial charge in [0.25, 0.3) is 0 Å². The van der Waals surface area contributed by atoms with E-state index in [-0.39, 0.29) is 5.91 Å². The molecule has 1 aromatic heterocycles. The quantitative estimate of drug-likeness (QED) is 0.737. The Labute approximate surface area is 157 Å². The van der Waals surface area contributed by atoms with Crippen LogP contribution in [0.5, 0.6) is 0 Å². The molecule has 2 aromatic rings. The number of nitrogens with zero attached hydrogens (tertiary/aromatic N) is 3. The number of piperidine rings is 1. The van der Waals surface area contributed by atoms with E-state index in [1.54, 1.807) is 7.11 Å².